The maximum absolute atomic E-state index is 6.27. The predicted molar refractivity (Wildman–Crippen MR) is 85.6 cm³/mol. The molecule has 1 fully saturated rings. The second-order valence-corrected chi connectivity index (χ2v) is 7.42. The molecule has 0 bridgehead atoms. The van der Waals surface area contributed by atoms with Crippen LogP contribution in [-0.2, 0) is 0 Å². The van der Waals surface area contributed by atoms with Crippen LogP contribution in [0.15, 0.2) is 6.33 Å². The van der Waals surface area contributed by atoms with Gasteiger partial charge < -0.3 is 4.90 Å². The lowest BCUT2D eigenvalue weighted by Crippen LogP contribution is -2.38. The molecule has 1 aromatic rings. The molecule has 0 radical (unpaired) electrons. The molecule has 4 heteroatoms. The van der Waals surface area contributed by atoms with Crippen LogP contribution in [0.25, 0.3) is 0 Å². The van der Waals surface area contributed by atoms with Crippen LogP contribution in [0.4, 0.5) is 5.82 Å². The summed E-state index contributed by atoms with van der Waals surface area (Å²) >= 11 is 6.27. The van der Waals surface area contributed by atoms with Gasteiger partial charge in [-0.05, 0) is 37.0 Å². The van der Waals surface area contributed by atoms with Crippen LogP contribution < -0.4 is 4.90 Å². The van der Waals surface area contributed by atoms with E-state index in [1.54, 1.807) is 6.33 Å². The summed E-state index contributed by atoms with van der Waals surface area (Å²) in [4.78, 5) is 11.0. The molecule has 0 amide bonds. The van der Waals surface area contributed by atoms with Gasteiger partial charge in [0.2, 0.25) is 0 Å². The quantitative estimate of drug-likeness (QED) is 0.760. The SMILES string of the molecule is CC(C)c1c(Cl)ncnc1N(C)C1CCC(C)(C)CC1. The van der Waals surface area contributed by atoms with E-state index in [1.807, 2.05) is 0 Å². The van der Waals surface area contributed by atoms with E-state index in [9.17, 15) is 0 Å². The Morgan fingerprint density at radius 2 is 1.85 bits per heavy atom. The van der Waals surface area contributed by atoms with Gasteiger partial charge in [0.1, 0.15) is 17.3 Å². The lowest BCUT2D eigenvalue weighted by molar-refractivity contribution is 0.222. The summed E-state index contributed by atoms with van der Waals surface area (Å²) in [6, 6.07) is 0.562. The van der Waals surface area contributed by atoms with Gasteiger partial charge in [-0.25, -0.2) is 9.97 Å². The number of halogens is 1. The Balaban J connectivity index is 2.22. The van der Waals surface area contributed by atoms with Crippen molar-refractivity contribution in [1.82, 2.24) is 9.97 Å². The van der Waals surface area contributed by atoms with Gasteiger partial charge in [0, 0.05) is 18.7 Å². The molecule has 2 rings (SSSR count). The third-order valence-electron chi connectivity index (χ3n) is 4.58. The van der Waals surface area contributed by atoms with Gasteiger partial charge in [0.05, 0.1) is 0 Å². The third-order valence-corrected chi connectivity index (χ3v) is 4.88. The van der Waals surface area contributed by atoms with Crippen molar-refractivity contribution in [2.45, 2.75) is 65.3 Å². The molecule has 20 heavy (non-hydrogen) atoms. The van der Waals surface area contributed by atoms with Crippen molar-refractivity contribution < 1.29 is 0 Å². The second kappa shape index (κ2) is 5.88. The van der Waals surface area contributed by atoms with Crippen molar-refractivity contribution >= 4 is 17.4 Å². The fourth-order valence-corrected chi connectivity index (χ4v) is 3.43. The van der Waals surface area contributed by atoms with Crippen LogP contribution in [0.1, 0.15) is 64.9 Å². The Morgan fingerprint density at radius 1 is 1.25 bits per heavy atom. The number of rotatable bonds is 3. The first kappa shape index (κ1) is 15.6. The van der Waals surface area contributed by atoms with Crippen molar-refractivity contribution in [3.8, 4) is 0 Å². The Labute approximate surface area is 127 Å². The Kier molecular flexibility index (Phi) is 4.58. The smallest absolute Gasteiger partial charge is 0.138 e. The summed E-state index contributed by atoms with van der Waals surface area (Å²) in [7, 11) is 2.15. The Hall–Kier alpha value is -0.830. The summed E-state index contributed by atoms with van der Waals surface area (Å²) < 4.78 is 0. The second-order valence-electron chi connectivity index (χ2n) is 7.06. The summed E-state index contributed by atoms with van der Waals surface area (Å²) in [6.45, 7) is 9.02. The summed E-state index contributed by atoms with van der Waals surface area (Å²) in [5, 5.41) is 0.591. The van der Waals surface area contributed by atoms with E-state index in [0.29, 0.717) is 22.5 Å². The van der Waals surface area contributed by atoms with Gasteiger partial charge >= 0.3 is 0 Å². The molecule has 1 aliphatic carbocycles. The van der Waals surface area contributed by atoms with Crippen LogP contribution in [0.2, 0.25) is 5.15 Å². The zero-order chi connectivity index (χ0) is 14.9. The zero-order valence-electron chi connectivity index (χ0n) is 13.3. The molecule has 112 valence electrons. The molecule has 0 aliphatic heterocycles. The standard InChI is InChI=1S/C16H26ClN3/c1-11(2)13-14(17)18-10-19-15(13)20(5)12-6-8-16(3,4)9-7-12/h10-12H,6-9H2,1-5H3. The van der Waals surface area contributed by atoms with E-state index in [1.165, 1.54) is 25.7 Å². The molecular weight excluding hydrogens is 270 g/mol. The van der Waals surface area contributed by atoms with Gasteiger partial charge in [-0.1, -0.05) is 39.3 Å². The number of hydrogen-bond donors (Lipinski definition) is 0. The van der Waals surface area contributed by atoms with Crippen LogP contribution in [-0.4, -0.2) is 23.1 Å². The fourth-order valence-electron chi connectivity index (χ4n) is 3.09. The molecule has 0 saturated heterocycles. The van der Waals surface area contributed by atoms with Gasteiger partial charge in [-0.3, -0.25) is 0 Å². The molecule has 1 saturated carbocycles. The average Bonchev–Trinajstić information content (AvgIpc) is 2.37. The third kappa shape index (κ3) is 3.25. The number of aromatic nitrogens is 2. The van der Waals surface area contributed by atoms with E-state index in [-0.39, 0.29) is 0 Å². The highest BCUT2D eigenvalue weighted by atomic mass is 35.5. The zero-order valence-corrected chi connectivity index (χ0v) is 14.0. The highest BCUT2D eigenvalue weighted by Crippen LogP contribution is 2.39. The van der Waals surface area contributed by atoms with Gasteiger partial charge in [0.15, 0.2) is 0 Å². The van der Waals surface area contributed by atoms with Crippen molar-refractivity contribution in [2.24, 2.45) is 5.41 Å². The molecule has 1 aromatic heterocycles. The van der Waals surface area contributed by atoms with E-state index >= 15 is 0 Å². The molecule has 1 heterocycles. The minimum atomic E-state index is 0.334. The number of nitrogens with zero attached hydrogens (tertiary/aromatic N) is 3. The maximum atomic E-state index is 6.27. The average molecular weight is 296 g/mol. The topological polar surface area (TPSA) is 29.0 Å². The maximum Gasteiger partial charge on any atom is 0.138 e. The molecule has 3 nitrogen and oxygen atoms in total. The normalized spacial score (nSPS) is 19.4. The largest absolute Gasteiger partial charge is 0.356 e. The molecular formula is C16H26ClN3. The van der Waals surface area contributed by atoms with Crippen LogP contribution in [0.5, 0.6) is 0 Å². The molecule has 0 aromatic carbocycles. The minimum Gasteiger partial charge on any atom is -0.356 e. The van der Waals surface area contributed by atoms with Crippen molar-refractivity contribution in [1.29, 1.82) is 0 Å². The molecule has 0 unspecified atom stereocenters. The van der Waals surface area contributed by atoms with E-state index in [0.717, 1.165) is 11.4 Å². The van der Waals surface area contributed by atoms with E-state index in [4.69, 9.17) is 11.6 Å². The summed E-state index contributed by atoms with van der Waals surface area (Å²) in [5.74, 6) is 1.34. The molecule has 0 spiro atoms. The molecule has 1 aliphatic rings. The van der Waals surface area contributed by atoms with E-state index < -0.39 is 0 Å². The molecule has 0 N–H and O–H groups in total. The fraction of sp³-hybridized carbons (Fsp3) is 0.750. The monoisotopic (exact) mass is 295 g/mol. The van der Waals surface area contributed by atoms with Crippen molar-refractivity contribution in [2.75, 3.05) is 11.9 Å². The first-order chi connectivity index (χ1) is 9.32. The number of hydrogen-bond acceptors (Lipinski definition) is 3. The van der Waals surface area contributed by atoms with Crippen molar-refractivity contribution in [3.05, 3.63) is 17.0 Å². The lowest BCUT2D eigenvalue weighted by atomic mass is 9.75. The van der Waals surface area contributed by atoms with Gasteiger partial charge in [0.25, 0.3) is 0 Å². The Morgan fingerprint density at radius 3 is 2.40 bits per heavy atom. The van der Waals surface area contributed by atoms with Crippen LogP contribution in [0, 0.1) is 5.41 Å². The highest BCUT2D eigenvalue weighted by molar-refractivity contribution is 6.30. The van der Waals surface area contributed by atoms with E-state index in [2.05, 4.69) is 49.6 Å². The predicted octanol–water partition coefficient (Wildman–Crippen LogP) is 4.66. The summed E-state index contributed by atoms with van der Waals surface area (Å²) in [6.07, 6.45) is 6.58. The highest BCUT2D eigenvalue weighted by Gasteiger charge is 2.30. The number of anilines is 1. The Bertz CT molecular complexity index is 461. The molecule has 0 atom stereocenters. The van der Waals surface area contributed by atoms with Crippen molar-refractivity contribution in [3.63, 3.8) is 0 Å². The first-order valence-electron chi connectivity index (χ1n) is 7.55. The van der Waals surface area contributed by atoms with Gasteiger partial charge in [-0.15, -0.1) is 0 Å². The first-order valence-corrected chi connectivity index (χ1v) is 7.93. The van der Waals surface area contributed by atoms with Crippen LogP contribution in [0.3, 0.4) is 0 Å². The minimum absolute atomic E-state index is 0.334. The lowest BCUT2D eigenvalue weighted by Gasteiger charge is -2.39. The summed E-state index contributed by atoms with van der Waals surface area (Å²) in [5.41, 5.74) is 1.56. The van der Waals surface area contributed by atoms with Gasteiger partial charge in [-0.2, -0.15) is 0 Å². The van der Waals surface area contributed by atoms with Crippen LogP contribution >= 0.6 is 11.6 Å².